The highest BCUT2D eigenvalue weighted by Crippen LogP contribution is 2.16. The van der Waals surface area contributed by atoms with Crippen molar-refractivity contribution in [3.63, 3.8) is 0 Å². The molecule has 1 saturated heterocycles. The first-order valence-corrected chi connectivity index (χ1v) is 11.2. The Kier molecular flexibility index (Phi) is 7.20. The number of sulfonamides is 1. The van der Waals surface area contributed by atoms with Gasteiger partial charge in [-0.15, -0.1) is 0 Å². The normalized spacial score (nSPS) is 16.4. The van der Waals surface area contributed by atoms with Crippen molar-refractivity contribution in [2.45, 2.75) is 23.8 Å². The van der Waals surface area contributed by atoms with Crippen molar-refractivity contribution < 1.29 is 17.9 Å². The van der Waals surface area contributed by atoms with E-state index in [4.69, 9.17) is 28.6 Å². The number of thiocarbonyl (C=S) groups is 1. The third-order valence-corrected chi connectivity index (χ3v) is 6.18. The fourth-order valence-electron chi connectivity index (χ4n) is 2.75. The third kappa shape index (κ3) is 6.22. The molecule has 1 amide bonds. The van der Waals surface area contributed by atoms with E-state index in [1.165, 1.54) is 12.1 Å². The molecule has 0 saturated carbocycles. The van der Waals surface area contributed by atoms with E-state index in [2.05, 4.69) is 15.4 Å². The quantitative estimate of drug-likeness (QED) is 0.582. The number of hydrogen-bond donors (Lipinski definition) is 3. The molecule has 154 valence electrons. The molecule has 10 heteroatoms. The predicted octanol–water partition coefficient (Wildman–Crippen LogP) is 2.92. The first-order chi connectivity index (χ1) is 13.8. The molecule has 0 aromatic heterocycles. The molecular weight excluding hydrogens is 434 g/mol. The van der Waals surface area contributed by atoms with E-state index >= 15 is 0 Å². The summed E-state index contributed by atoms with van der Waals surface area (Å²) in [5, 5.41) is 6.03. The van der Waals surface area contributed by atoms with E-state index in [-0.39, 0.29) is 28.6 Å². The van der Waals surface area contributed by atoms with Crippen LogP contribution in [0.15, 0.2) is 53.4 Å². The van der Waals surface area contributed by atoms with Crippen LogP contribution in [-0.4, -0.2) is 38.7 Å². The number of halogens is 1. The highest BCUT2D eigenvalue weighted by Gasteiger charge is 2.20. The van der Waals surface area contributed by atoms with Crippen molar-refractivity contribution in [2.75, 3.05) is 18.5 Å². The zero-order valence-corrected chi connectivity index (χ0v) is 17.7. The van der Waals surface area contributed by atoms with Gasteiger partial charge in [-0.3, -0.25) is 10.1 Å². The Bertz CT molecular complexity index is 974. The minimum absolute atomic E-state index is 0.0765. The molecule has 1 aliphatic rings. The molecule has 0 spiro atoms. The first-order valence-electron chi connectivity index (χ1n) is 8.93. The lowest BCUT2D eigenvalue weighted by Gasteiger charge is -2.12. The number of rotatable bonds is 6. The van der Waals surface area contributed by atoms with Crippen LogP contribution < -0.4 is 15.4 Å². The van der Waals surface area contributed by atoms with Gasteiger partial charge in [0.15, 0.2) is 5.11 Å². The van der Waals surface area contributed by atoms with Crippen LogP contribution in [0.3, 0.4) is 0 Å². The SMILES string of the molecule is O=C(NC(=S)Nc1ccc(S(=O)(=O)NCC2CCCO2)cc1)c1ccc(Cl)cc1. The molecule has 1 unspecified atom stereocenters. The van der Waals surface area contributed by atoms with Gasteiger partial charge in [0.2, 0.25) is 10.0 Å². The summed E-state index contributed by atoms with van der Waals surface area (Å²) in [6.07, 6.45) is 1.72. The molecule has 7 nitrogen and oxygen atoms in total. The summed E-state index contributed by atoms with van der Waals surface area (Å²) in [4.78, 5) is 12.3. The number of benzene rings is 2. The van der Waals surface area contributed by atoms with Crippen LogP contribution in [0.25, 0.3) is 0 Å². The number of anilines is 1. The monoisotopic (exact) mass is 453 g/mol. The second-order valence-electron chi connectivity index (χ2n) is 6.43. The summed E-state index contributed by atoms with van der Waals surface area (Å²) < 4.78 is 32.7. The van der Waals surface area contributed by atoms with Crippen molar-refractivity contribution in [2.24, 2.45) is 0 Å². The predicted molar refractivity (Wildman–Crippen MR) is 116 cm³/mol. The first kappa shape index (κ1) is 21.7. The van der Waals surface area contributed by atoms with E-state index in [9.17, 15) is 13.2 Å². The molecule has 1 fully saturated rings. The van der Waals surface area contributed by atoms with E-state index in [1.807, 2.05) is 0 Å². The maximum absolute atomic E-state index is 12.4. The molecule has 29 heavy (non-hydrogen) atoms. The number of carbonyl (C=O) groups is 1. The topological polar surface area (TPSA) is 96.5 Å². The zero-order chi connectivity index (χ0) is 20.9. The fourth-order valence-corrected chi connectivity index (χ4v) is 4.15. The van der Waals surface area contributed by atoms with Gasteiger partial charge in [-0.05, 0) is 73.6 Å². The molecule has 1 aliphatic heterocycles. The molecule has 3 N–H and O–H groups in total. The second kappa shape index (κ2) is 9.64. The number of ether oxygens (including phenoxy) is 1. The van der Waals surface area contributed by atoms with Crippen LogP contribution in [0.5, 0.6) is 0 Å². The van der Waals surface area contributed by atoms with Gasteiger partial charge in [-0.1, -0.05) is 11.6 Å². The van der Waals surface area contributed by atoms with Crippen LogP contribution in [0.2, 0.25) is 5.02 Å². The molecule has 0 aliphatic carbocycles. The Hall–Kier alpha value is -2.04. The van der Waals surface area contributed by atoms with E-state index in [1.54, 1.807) is 36.4 Å². The van der Waals surface area contributed by atoms with E-state index < -0.39 is 10.0 Å². The standard InChI is InChI=1S/C19H20ClN3O4S2/c20-14-5-3-13(4-6-14)18(24)23-19(28)22-15-7-9-17(10-8-15)29(25,26)21-12-16-2-1-11-27-16/h3-10,16,21H,1-2,11-12H2,(H2,22,23,24,28). The average molecular weight is 454 g/mol. The van der Waals surface area contributed by atoms with Crippen molar-refractivity contribution in [1.82, 2.24) is 10.0 Å². The van der Waals surface area contributed by atoms with Crippen molar-refractivity contribution in [3.05, 3.63) is 59.1 Å². The van der Waals surface area contributed by atoms with Crippen LogP contribution in [0, 0.1) is 0 Å². The lowest BCUT2D eigenvalue weighted by atomic mass is 10.2. The summed E-state index contributed by atoms with van der Waals surface area (Å²) in [5.41, 5.74) is 0.960. The van der Waals surface area contributed by atoms with Crippen molar-refractivity contribution in [1.29, 1.82) is 0 Å². The largest absolute Gasteiger partial charge is 0.377 e. The Morgan fingerprint density at radius 2 is 1.83 bits per heavy atom. The Morgan fingerprint density at radius 1 is 1.14 bits per heavy atom. The van der Waals surface area contributed by atoms with Gasteiger partial charge in [-0.25, -0.2) is 13.1 Å². The molecule has 0 radical (unpaired) electrons. The Labute approximate surface area is 179 Å². The van der Waals surface area contributed by atoms with Gasteiger partial charge in [-0.2, -0.15) is 0 Å². The molecule has 2 aromatic rings. The smallest absolute Gasteiger partial charge is 0.257 e. The molecular formula is C19H20ClN3O4S2. The summed E-state index contributed by atoms with van der Waals surface area (Å²) in [6, 6.07) is 12.5. The zero-order valence-electron chi connectivity index (χ0n) is 15.4. The third-order valence-electron chi connectivity index (χ3n) is 4.28. The molecule has 2 aromatic carbocycles. The molecule has 3 rings (SSSR count). The van der Waals surface area contributed by atoms with E-state index in [0.29, 0.717) is 22.9 Å². The minimum Gasteiger partial charge on any atom is -0.377 e. The lowest BCUT2D eigenvalue weighted by molar-refractivity contribution is 0.0977. The second-order valence-corrected chi connectivity index (χ2v) is 9.04. The molecule has 1 heterocycles. The Morgan fingerprint density at radius 3 is 2.45 bits per heavy atom. The number of carbonyl (C=O) groups excluding carboxylic acids is 1. The molecule has 0 bridgehead atoms. The van der Waals surface area contributed by atoms with Gasteiger partial charge >= 0.3 is 0 Å². The highest BCUT2D eigenvalue weighted by molar-refractivity contribution is 7.89. The summed E-state index contributed by atoms with van der Waals surface area (Å²) in [7, 11) is -3.62. The minimum atomic E-state index is -3.62. The average Bonchev–Trinajstić information content (AvgIpc) is 3.21. The van der Waals surface area contributed by atoms with E-state index in [0.717, 1.165) is 12.8 Å². The number of hydrogen-bond acceptors (Lipinski definition) is 5. The van der Waals surface area contributed by atoms with Gasteiger partial charge < -0.3 is 10.1 Å². The maximum Gasteiger partial charge on any atom is 0.257 e. The van der Waals surface area contributed by atoms with Crippen LogP contribution in [0.4, 0.5) is 5.69 Å². The maximum atomic E-state index is 12.4. The van der Waals surface area contributed by atoms with Crippen LogP contribution in [0.1, 0.15) is 23.2 Å². The van der Waals surface area contributed by atoms with Gasteiger partial charge in [0, 0.05) is 29.4 Å². The van der Waals surface area contributed by atoms with Crippen LogP contribution >= 0.6 is 23.8 Å². The van der Waals surface area contributed by atoms with Crippen LogP contribution in [-0.2, 0) is 14.8 Å². The van der Waals surface area contributed by atoms with Gasteiger partial charge in [0.25, 0.3) is 5.91 Å². The number of nitrogens with one attached hydrogen (secondary N) is 3. The van der Waals surface area contributed by atoms with Gasteiger partial charge in [0.1, 0.15) is 0 Å². The summed E-state index contributed by atoms with van der Waals surface area (Å²) in [5.74, 6) is -0.378. The summed E-state index contributed by atoms with van der Waals surface area (Å²) in [6.45, 7) is 0.921. The fraction of sp³-hybridized carbons (Fsp3) is 0.263. The number of amides is 1. The Balaban J connectivity index is 1.54. The van der Waals surface area contributed by atoms with Crippen molar-refractivity contribution in [3.8, 4) is 0 Å². The molecule has 1 atom stereocenters. The highest BCUT2D eigenvalue weighted by atomic mass is 35.5. The summed E-state index contributed by atoms with van der Waals surface area (Å²) >= 11 is 10.9. The van der Waals surface area contributed by atoms with Gasteiger partial charge in [0.05, 0.1) is 11.0 Å². The lowest BCUT2D eigenvalue weighted by Crippen LogP contribution is -2.34. The van der Waals surface area contributed by atoms with Crippen molar-refractivity contribution >= 4 is 50.5 Å².